The van der Waals surface area contributed by atoms with E-state index in [1.807, 2.05) is 7.05 Å². The molecule has 1 aliphatic carbocycles. The number of aromatic nitrogens is 2. The molecular formula is C22H26F2N3O3S+. The van der Waals surface area contributed by atoms with Gasteiger partial charge in [0.1, 0.15) is 17.9 Å². The van der Waals surface area contributed by atoms with Crippen molar-refractivity contribution in [3.8, 4) is 11.5 Å². The number of thiophene rings is 1. The normalized spacial score (nSPS) is 17.0. The maximum atomic E-state index is 12.8. The Kier molecular flexibility index (Phi) is 6.24. The Morgan fingerprint density at radius 2 is 2.13 bits per heavy atom. The van der Waals surface area contributed by atoms with Gasteiger partial charge in [0.05, 0.1) is 19.5 Å². The van der Waals surface area contributed by atoms with Gasteiger partial charge in [-0.15, -0.1) is 11.3 Å². The van der Waals surface area contributed by atoms with Crippen LogP contribution in [0.1, 0.15) is 35.2 Å². The van der Waals surface area contributed by atoms with Crippen molar-refractivity contribution in [1.29, 1.82) is 0 Å². The van der Waals surface area contributed by atoms with Crippen molar-refractivity contribution in [2.75, 3.05) is 14.2 Å². The highest BCUT2D eigenvalue weighted by Gasteiger charge is 2.23. The fourth-order valence-corrected chi connectivity index (χ4v) is 5.59. The maximum absolute atomic E-state index is 12.8. The molecule has 0 bridgehead atoms. The predicted molar refractivity (Wildman–Crippen MR) is 115 cm³/mol. The number of hydrogen-bond donors (Lipinski definition) is 2. The first-order chi connectivity index (χ1) is 14.8. The molecule has 166 valence electrons. The van der Waals surface area contributed by atoms with Crippen molar-refractivity contribution < 1.29 is 23.2 Å². The van der Waals surface area contributed by atoms with E-state index in [-0.39, 0.29) is 17.1 Å². The molecule has 2 atom stereocenters. The topological polar surface area (TPSA) is 68.7 Å². The SMILES string of the molecule is COc1cc(C[NH+](C)Cc2nc3sc4c(c3c(=O)[nH]2)CC[C@@H](C)C4)ccc1OC(F)F. The number of benzene rings is 1. The summed E-state index contributed by atoms with van der Waals surface area (Å²) >= 11 is 1.64. The number of ether oxygens (including phenoxy) is 2. The minimum atomic E-state index is -2.91. The summed E-state index contributed by atoms with van der Waals surface area (Å²) in [5.41, 5.74) is 2.02. The third kappa shape index (κ3) is 4.72. The fraction of sp³-hybridized carbons (Fsp3) is 0.455. The molecule has 2 heterocycles. The molecule has 1 aromatic carbocycles. The third-order valence-corrected chi connectivity index (χ3v) is 6.78. The number of hydrogen-bond acceptors (Lipinski definition) is 5. The molecule has 31 heavy (non-hydrogen) atoms. The van der Waals surface area contributed by atoms with Gasteiger partial charge in [0.15, 0.2) is 17.3 Å². The number of aryl methyl sites for hydroxylation is 1. The van der Waals surface area contributed by atoms with Crippen molar-refractivity contribution >= 4 is 21.6 Å². The minimum absolute atomic E-state index is 0.00586. The Labute approximate surface area is 182 Å². The van der Waals surface area contributed by atoms with E-state index in [0.29, 0.717) is 24.8 Å². The van der Waals surface area contributed by atoms with Gasteiger partial charge in [-0.1, -0.05) is 6.92 Å². The van der Waals surface area contributed by atoms with Crippen LogP contribution in [-0.2, 0) is 25.9 Å². The van der Waals surface area contributed by atoms with Crippen molar-refractivity contribution in [2.45, 2.75) is 45.9 Å². The number of quaternary nitrogens is 1. The van der Waals surface area contributed by atoms with Gasteiger partial charge in [-0.2, -0.15) is 8.78 Å². The summed E-state index contributed by atoms with van der Waals surface area (Å²) in [6, 6.07) is 4.91. The number of nitrogens with one attached hydrogen (secondary N) is 2. The van der Waals surface area contributed by atoms with Gasteiger partial charge in [0.25, 0.3) is 5.56 Å². The Balaban J connectivity index is 1.51. The summed E-state index contributed by atoms with van der Waals surface area (Å²) in [7, 11) is 3.40. The Bertz CT molecular complexity index is 1140. The second kappa shape index (κ2) is 8.92. The van der Waals surface area contributed by atoms with Crippen molar-refractivity contribution in [3.63, 3.8) is 0 Å². The fourth-order valence-electron chi connectivity index (χ4n) is 4.19. The lowest BCUT2D eigenvalue weighted by atomic mass is 9.89. The van der Waals surface area contributed by atoms with E-state index in [0.717, 1.165) is 39.9 Å². The van der Waals surface area contributed by atoms with Gasteiger partial charge >= 0.3 is 6.61 Å². The van der Waals surface area contributed by atoms with Crippen LogP contribution in [0, 0.1) is 5.92 Å². The van der Waals surface area contributed by atoms with Crippen LogP contribution in [0.4, 0.5) is 8.78 Å². The number of aromatic amines is 1. The number of alkyl halides is 2. The Morgan fingerprint density at radius 1 is 1.32 bits per heavy atom. The number of fused-ring (bicyclic) bond motifs is 3. The Hall–Kier alpha value is -2.52. The number of methoxy groups -OCH3 is 1. The average Bonchev–Trinajstić information content (AvgIpc) is 3.06. The molecule has 0 amide bonds. The maximum Gasteiger partial charge on any atom is 0.387 e. The smallest absolute Gasteiger partial charge is 0.387 e. The second-order valence-corrected chi connectivity index (χ2v) is 9.30. The number of rotatable bonds is 7. The molecule has 0 fully saturated rings. The van der Waals surface area contributed by atoms with Crippen molar-refractivity contribution in [2.24, 2.45) is 5.92 Å². The minimum Gasteiger partial charge on any atom is -0.493 e. The highest BCUT2D eigenvalue weighted by atomic mass is 32.1. The van der Waals surface area contributed by atoms with Crippen LogP contribution in [0.2, 0.25) is 0 Å². The lowest BCUT2D eigenvalue weighted by Gasteiger charge is -2.17. The molecule has 2 N–H and O–H groups in total. The monoisotopic (exact) mass is 450 g/mol. The first kappa shape index (κ1) is 21.7. The van der Waals surface area contributed by atoms with Crippen LogP contribution in [-0.4, -0.2) is 30.7 Å². The zero-order chi connectivity index (χ0) is 22.1. The summed E-state index contributed by atoms with van der Waals surface area (Å²) in [5.74, 6) is 1.55. The molecule has 4 rings (SSSR count). The van der Waals surface area contributed by atoms with E-state index in [4.69, 9.17) is 9.72 Å². The van der Waals surface area contributed by atoms with E-state index >= 15 is 0 Å². The van der Waals surface area contributed by atoms with Gasteiger partial charge in [-0.3, -0.25) is 4.79 Å². The molecular weight excluding hydrogens is 424 g/mol. The highest BCUT2D eigenvalue weighted by molar-refractivity contribution is 7.18. The average molecular weight is 451 g/mol. The second-order valence-electron chi connectivity index (χ2n) is 8.22. The first-order valence-electron chi connectivity index (χ1n) is 10.3. The number of nitrogens with zero attached hydrogens (tertiary/aromatic N) is 1. The van der Waals surface area contributed by atoms with Gasteiger partial charge < -0.3 is 19.4 Å². The first-order valence-corrected chi connectivity index (χ1v) is 11.1. The van der Waals surface area contributed by atoms with E-state index in [2.05, 4.69) is 16.6 Å². The van der Waals surface area contributed by atoms with E-state index < -0.39 is 6.61 Å². The zero-order valence-corrected chi connectivity index (χ0v) is 18.6. The van der Waals surface area contributed by atoms with Crippen LogP contribution in [0.25, 0.3) is 10.2 Å². The molecule has 1 aliphatic rings. The van der Waals surface area contributed by atoms with Crippen LogP contribution in [0.15, 0.2) is 23.0 Å². The molecule has 0 aliphatic heterocycles. The van der Waals surface area contributed by atoms with Crippen molar-refractivity contribution in [1.82, 2.24) is 9.97 Å². The summed E-state index contributed by atoms with van der Waals surface area (Å²) in [5, 5.41) is 0.757. The van der Waals surface area contributed by atoms with Crippen LogP contribution < -0.4 is 19.9 Å². The highest BCUT2D eigenvalue weighted by Crippen LogP contribution is 2.35. The Morgan fingerprint density at radius 3 is 2.87 bits per heavy atom. The summed E-state index contributed by atoms with van der Waals surface area (Å²) in [4.78, 5) is 23.7. The van der Waals surface area contributed by atoms with Crippen LogP contribution >= 0.6 is 11.3 Å². The summed E-state index contributed by atoms with van der Waals surface area (Å²) in [6.45, 7) is 0.473. The lowest BCUT2D eigenvalue weighted by Crippen LogP contribution is -3.06. The standard InChI is InChI=1S/C22H25F2N3O3S/c1-12-4-6-14-17(8-12)31-21-19(14)20(28)25-18(26-21)11-27(2)10-13-5-7-15(30-22(23)24)16(9-13)29-3/h5,7,9,12,22H,4,6,8,10-11H2,1-3H3,(H,25,26,28)/p+1/t12-/m1/s1. The van der Waals surface area contributed by atoms with Gasteiger partial charge in [-0.25, -0.2) is 4.98 Å². The van der Waals surface area contributed by atoms with Gasteiger partial charge in [0, 0.05) is 10.4 Å². The molecule has 0 radical (unpaired) electrons. The number of H-pyrrole nitrogens is 1. The van der Waals surface area contributed by atoms with Crippen LogP contribution in [0.5, 0.6) is 11.5 Å². The molecule has 0 spiro atoms. The van der Waals surface area contributed by atoms with E-state index in [1.165, 1.54) is 23.6 Å². The number of halogens is 2. The predicted octanol–water partition coefficient (Wildman–Crippen LogP) is 2.93. The molecule has 2 aromatic heterocycles. The third-order valence-electron chi connectivity index (χ3n) is 5.63. The van der Waals surface area contributed by atoms with Crippen LogP contribution in [0.3, 0.4) is 0 Å². The molecule has 0 saturated heterocycles. The van der Waals surface area contributed by atoms with Gasteiger partial charge in [0.2, 0.25) is 0 Å². The van der Waals surface area contributed by atoms with E-state index in [9.17, 15) is 13.6 Å². The zero-order valence-electron chi connectivity index (χ0n) is 17.8. The quantitative estimate of drug-likeness (QED) is 0.581. The lowest BCUT2D eigenvalue weighted by molar-refractivity contribution is -0.908. The van der Waals surface area contributed by atoms with Gasteiger partial charge in [-0.05, 0) is 48.9 Å². The van der Waals surface area contributed by atoms with E-state index in [1.54, 1.807) is 23.5 Å². The molecule has 1 unspecified atom stereocenters. The molecule has 9 heteroatoms. The molecule has 0 saturated carbocycles. The summed E-state index contributed by atoms with van der Waals surface area (Å²) < 4.78 is 34.7. The molecule has 3 aromatic rings. The summed E-state index contributed by atoms with van der Waals surface area (Å²) in [6.07, 6.45) is 3.07. The van der Waals surface area contributed by atoms with Crippen molar-refractivity contribution in [3.05, 3.63) is 50.4 Å². The largest absolute Gasteiger partial charge is 0.493 e. The molecule has 6 nitrogen and oxygen atoms in total.